The number of anilines is 1. The molecule has 1 N–H and O–H groups in total. The van der Waals surface area contributed by atoms with Gasteiger partial charge in [-0.05, 0) is 81.5 Å². The van der Waals surface area contributed by atoms with Crippen molar-refractivity contribution in [3.8, 4) is 17.6 Å². The summed E-state index contributed by atoms with van der Waals surface area (Å²) in [7, 11) is 2.09. The van der Waals surface area contributed by atoms with Gasteiger partial charge in [0.05, 0.1) is 11.6 Å². The van der Waals surface area contributed by atoms with Crippen molar-refractivity contribution < 1.29 is 9.53 Å². The third kappa shape index (κ3) is 4.22. The third-order valence-electron chi connectivity index (χ3n) is 4.97. The van der Waals surface area contributed by atoms with Gasteiger partial charge in [0.25, 0.3) is 0 Å². The van der Waals surface area contributed by atoms with Crippen LogP contribution in [0.4, 0.5) is 5.69 Å². The van der Waals surface area contributed by atoms with E-state index in [0.717, 1.165) is 31.6 Å². The second-order valence-corrected chi connectivity index (χ2v) is 7.08. The van der Waals surface area contributed by atoms with Crippen LogP contribution in [-0.2, 0) is 4.79 Å². The van der Waals surface area contributed by atoms with Crippen LogP contribution in [0.3, 0.4) is 0 Å². The number of nitriles is 1. The molecule has 5 heteroatoms. The highest BCUT2D eigenvalue weighted by atomic mass is 16.5. The van der Waals surface area contributed by atoms with Gasteiger partial charge in [0.15, 0.2) is 0 Å². The van der Waals surface area contributed by atoms with Gasteiger partial charge in [0, 0.05) is 11.1 Å². The summed E-state index contributed by atoms with van der Waals surface area (Å²) >= 11 is 0. The molecule has 26 heavy (non-hydrogen) atoms. The Balaban J connectivity index is 1.60. The largest absolute Gasteiger partial charge is 0.457 e. The Morgan fingerprint density at radius 2 is 1.62 bits per heavy atom. The summed E-state index contributed by atoms with van der Waals surface area (Å²) in [4.78, 5) is 14.9. The first-order valence-corrected chi connectivity index (χ1v) is 8.77. The zero-order valence-corrected chi connectivity index (χ0v) is 15.2. The summed E-state index contributed by atoms with van der Waals surface area (Å²) in [5.41, 5.74) is 1.05. The molecular weight excluding hydrogens is 326 g/mol. The molecule has 1 heterocycles. The first kappa shape index (κ1) is 18.0. The molecule has 0 unspecified atom stereocenters. The molecule has 2 aromatic rings. The summed E-state index contributed by atoms with van der Waals surface area (Å²) < 4.78 is 5.76. The maximum Gasteiger partial charge on any atom is 0.230 e. The van der Waals surface area contributed by atoms with Crippen LogP contribution >= 0.6 is 0 Å². The molecule has 0 bridgehead atoms. The lowest BCUT2D eigenvalue weighted by Gasteiger charge is -2.36. The van der Waals surface area contributed by atoms with Crippen molar-refractivity contribution >= 4 is 11.6 Å². The van der Waals surface area contributed by atoms with E-state index in [1.807, 2.05) is 31.2 Å². The predicted molar refractivity (Wildman–Crippen MR) is 101 cm³/mol. The minimum atomic E-state index is -0.315. The average Bonchev–Trinajstić information content (AvgIpc) is 2.66. The second-order valence-electron chi connectivity index (χ2n) is 7.08. The van der Waals surface area contributed by atoms with Gasteiger partial charge in [-0.25, -0.2) is 0 Å². The molecule has 0 atom stereocenters. The Morgan fingerprint density at radius 1 is 1.08 bits per heavy atom. The van der Waals surface area contributed by atoms with E-state index in [-0.39, 0.29) is 11.3 Å². The van der Waals surface area contributed by atoms with Crippen molar-refractivity contribution in [3.05, 3.63) is 54.1 Å². The van der Waals surface area contributed by atoms with E-state index in [1.165, 1.54) is 0 Å². The van der Waals surface area contributed by atoms with Gasteiger partial charge < -0.3 is 15.0 Å². The van der Waals surface area contributed by atoms with Crippen molar-refractivity contribution in [3.63, 3.8) is 0 Å². The molecule has 3 rings (SSSR count). The van der Waals surface area contributed by atoms with Crippen molar-refractivity contribution in [2.24, 2.45) is 5.41 Å². The second kappa shape index (κ2) is 7.59. The fourth-order valence-electron chi connectivity index (χ4n) is 2.96. The van der Waals surface area contributed by atoms with Gasteiger partial charge in [0.2, 0.25) is 5.91 Å². The number of benzene rings is 2. The molecule has 0 aliphatic carbocycles. The highest BCUT2D eigenvalue weighted by molar-refractivity contribution is 5.95. The van der Waals surface area contributed by atoms with Gasteiger partial charge in [-0.3, -0.25) is 4.79 Å². The van der Waals surface area contributed by atoms with Gasteiger partial charge in [0.1, 0.15) is 11.5 Å². The van der Waals surface area contributed by atoms with Crippen LogP contribution in [0.15, 0.2) is 48.5 Å². The number of piperidine rings is 1. The Morgan fingerprint density at radius 3 is 2.15 bits per heavy atom. The topological polar surface area (TPSA) is 65.4 Å². The number of rotatable bonds is 4. The van der Waals surface area contributed by atoms with Crippen LogP contribution in [0.1, 0.15) is 25.3 Å². The molecule has 1 aliphatic rings. The summed E-state index contributed by atoms with van der Waals surface area (Å²) in [5.74, 6) is 1.42. The Kier molecular flexibility index (Phi) is 5.24. The number of carbonyl (C=O) groups excluding carboxylic acids is 1. The molecule has 2 aromatic carbocycles. The van der Waals surface area contributed by atoms with Crippen LogP contribution in [0.2, 0.25) is 0 Å². The molecule has 1 saturated heterocycles. The monoisotopic (exact) mass is 349 g/mol. The SMILES string of the molecule is CN1CCC(C)(C(=O)Nc2ccc(Oc3ccc(C#N)cc3)cc2)CC1. The number of likely N-dealkylation sites (tertiary alicyclic amines) is 1. The molecule has 0 aromatic heterocycles. The smallest absolute Gasteiger partial charge is 0.230 e. The van der Waals surface area contributed by atoms with Crippen molar-refractivity contribution in [2.45, 2.75) is 19.8 Å². The standard InChI is InChI=1S/C21H23N3O2/c1-21(11-13-24(2)14-12-21)20(25)23-17-5-9-19(10-6-17)26-18-7-3-16(15-22)4-8-18/h3-10H,11-14H2,1-2H3,(H,23,25). The molecular formula is C21H23N3O2. The van der Waals surface area contributed by atoms with Gasteiger partial charge in [-0.1, -0.05) is 6.92 Å². The van der Waals surface area contributed by atoms with Gasteiger partial charge in [-0.2, -0.15) is 5.26 Å². The number of nitrogens with zero attached hydrogens (tertiary/aromatic N) is 2. The normalized spacial score (nSPS) is 16.5. The van der Waals surface area contributed by atoms with E-state index >= 15 is 0 Å². The Labute approximate surface area is 154 Å². The third-order valence-corrected chi connectivity index (χ3v) is 4.97. The van der Waals surface area contributed by atoms with Crippen LogP contribution in [0.5, 0.6) is 11.5 Å². The first-order chi connectivity index (χ1) is 12.5. The fourth-order valence-corrected chi connectivity index (χ4v) is 2.96. The van der Waals surface area contributed by atoms with Crippen molar-refractivity contribution in [2.75, 3.05) is 25.5 Å². The number of nitrogens with one attached hydrogen (secondary N) is 1. The minimum Gasteiger partial charge on any atom is -0.457 e. The van der Waals surface area contributed by atoms with E-state index in [9.17, 15) is 4.79 Å². The number of carbonyl (C=O) groups is 1. The van der Waals surface area contributed by atoms with E-state index in [0.29, 0.717) is 17.1 Å². The maximum absolute atomic E-state index is 12.6. The summed E-state index contributed by atoms with van der Waals surface area (Å²) in [6, 6.07) is 16.4. The Hall–Kier alpha value is -2.84. The highest BCUT2D eigenvalue weighted by Crippen LogP contribution is 2.32. The van der Waals surface area contributed by atoms with E-state index in [1.54, 1.807) is 24.3 Å². The molecule has 0 saturated carbocycles. The molecule has 1 amide bonds. The molecule has 0 radical (unpaired) electrons. The van der Waals surface area contributed by atoms with Crippen LogP contribution in [0.25, 0.3) is 0 Å². The molecule has 1 fully saturated rings. The van der Waals surface area contributed by atoms with E-state index in [4.69, 9.17) is 10.00 Å². The van der Waals surface area contributed by atoms with Gasteiger partial charge >= 0.3 is 0 Å². The number of amides is 1. The predicted octanol–water partition coefficient (Wildman–Crippen LogP) is 4.02. The van der Waals surface area contributed by atoms with E-state index < -0.39 is 0 Å². The van der Waals surface area contributed by atoms with Gasteiger partial charge in [-0.15, -0.1) is 0 Å². The lowest BCUT2D eigenvalue weighted by Crippen LogP contribution is -2.43. The summed E-state index contributed by atoms with van der Waals surface area (Å²) in [6.45, 7) is 3.93. The molecule has 134 valence electrons. The summed E-state index contributed by atoms with van der Waals surface area (Å²) in [5, 5.41) is 11.8. The van der Waals surface area contributed by atoms with Crippen molar-refractivity contribution in [1.82, 2.24) is 4.90 Å². The Bertz CT molecular complexity index is 799. The zero-order chi connectivity index (χ0) is 18.6. The van der Waals surface area contributed by atoms with Crippen LogP contribution in [-0.4, -0.2) is 30.9 Å². The molecule has 1 aliphatic heterocycles. The lowest BCUT2D eigenvalue weighted by molar-refractivity contribution is -0.127. The van der Waals surface area contributed by atoms with Crippen molar-refractivity contribution in [1.29, 1.82) is 5.26 Å². The van der Waals surface area contributed by atoms with E-state index in [2.05, 4.69) is 23.3 Å². The first-order valence-electron chi connectivity index (χ1n) is 8.77. The fraction of sp³-hybridized carbons (Fsp3) is 0.333. The van der Waals surface area contributed by atoms with Crippen LogP contribution in [0, 0.1) is 16.7 Å². The summed E-state index contributed by atoms with van der Waals surface area (Å²) in [6.07, 6.45) is 1.74. The number of ether oxygens (including phenoxy) is 1. The minimum absolute atomic E-state index is 0.0753. The van der Waals surface area contributed by atoms with Crippen LogP contribution < -0.4 is 10.1 Å². The lowest BCUT2D eigenvalue weighted by atomic mass is 9.79. The zero-order valence-electron chi connectivity index (χ0n) is 15.2. The highest BCUT2D eigenvalue weighted by Gasteiger charge is 2.36. The quantitative estimate of drug-likeness (QED) is 0.905. The number of hydrogen-bond donors (Lipinski definition) is 1. The molecule has 0 spiro atoms. The molecule has 5 nitrogen and oxygen atoms in total. The average molecular weight is 349 g/mol. The number of hydrogen-bond acceptors (Lipinski definition) is 4. The maximum atomic E-state index is 12.6.